The van der Waals surface area contributed by atoms with Crippen molar-refractivity contribution in [2.45, 2.75) is 10.6 Å². The lowest BCUT2D eigenvalue weighted by Crippen LogP contribution is -2.44. The highest BCUT2D eigenvalue weighted by atomic mass is 35.5. The first-order valence-corrected chi connectivity index (χ1v) is 10.3. The van der Waals surface area contributed by atoms with Gasteiger partial charge in [0.1, 0.15) is 4.21 Å². The standard InChI is InChI=1S/C15H20ClN3O2S2/c16-13-2-3-14-12(10-13)11-15(22-14)23(20,21)18-4-1-7-19-8-5-17-6-9-19/h2-3,10-11,17-18H,1,4-9H2. The van der Waals surface area contributed by atoms with E-state index >= 15 is 0 Å². The van der Waals surface area contributed by atoms with Crippen molar-refractivity contribution in [2.24, 2.45) is 0 Å². The molecule has 0 saturated carbocycles. The van der Waals surface area contributed by atoms with Crippen LogP contribution in [0.25, 0.3) is 10.1 Å². The van der Waals surface area contributed by atoms with Gasteiger partial charge < -0.3 is 10.2 Å². The van der Waals surface area contributed by atoms with Gasteiger partial charge in [-0.05, 0) is 42.6 Å². The first-order valence-electron chi connectivity index (χ1n) is 7.66. The van der Waals surface area contributed by atoms with E-state index in [4.69, 9.17) is 11.6 Å². The number of hydrogen-bond acceptors (Lipinski definition) is 5. The normalized spacial score (nSPS) is 16.9. The Balaban J connectivity index is 1.57. The van der Waals surface area contributed by atoms with Crippen molar-refractivity contribution in [1.82, 2.24) is 14.9 Å². The van der Waals surface area contributed by atoms with Crippen LogP contribution in [0.4, 0.5) is 0 Å². The molecule has 0 aliphatic carbocycles. The largest absolute Gasteiger partial charge is 0.314 e. The van der Waals surface area contributed by atoms with Crippen LogP contribution < -0.4 is 10.0 Å². The van der Waals surface area contributed by atoms with Crippen LogP contribution in [-0.4, -0.2) is 52.6 Å². The van der Waals surface area contributed by atoms with Gasteiger partial charge in [-0.2, -0.15) is 0 Å². The predicted octanol–water partition coefficient (Wildman–Crippen LogP) is 2.13. The van der Waals surface area contributed by atoms with Crippen molar-refractivity contribution in [3.05, 3.63) is 29.3 Å². The molecule has 1 fully saturated rings. The molecule has 3 rings (SSSR count). The van der Waals surface area contributed by atoms with Crippen molar-refractivity contribution < 1.29 is 8.42 Å². The number of fused-ring (bicyclic) bond motifs is 1. The molecule has 8 heteroatoms. The van der Waals surface area contributed by atoms with Gasteiger partial charge in [-0.25, -0.2) is 13.1 Å². The molecule has 0 amide bonds. The van der Waals surface area contributed by atoms with E-state index < -0.39 is 10.0 Å². The Bertz CT molecular complexity index is 770. The number of sulfonamides is 1. The molecule has 1 aromatic heterocycles. The molecule has 2 N–H and O–H groups in total. The van der Waals surface area contributed by atoms with E-state index in [0.717, 1.165) is 49.2 Å². The van der Waals surface area contributed by atoms with Crippen LogP contribution in [0.3, 0.4) is 0 Å². The fourth-order valence-corrected chi connectivity index (χ4v) is 5.31. The summed E-state index contributed by atoms with van der Waals surface area (Å²) in [7, 11) is -3.44. The van der Waals surface area contributed by atoms with Gasteiger partial charge in [0.05, 0.1) is 0 Å². The molecular weight excluding hydrogens is 354 g/mol. The van der Waals surface area contributed by atoms with Crippen molar-refractivity contribution in [1.29, 1.82) is 0 Å². The lowest BCUT2D eigenvalue weighted by molar-refractivity contribution is 0.239. The molecule has 126 valence electrons. The van der Waals surface area contributed by atoms with Gasteiger partial charge in [0.25, 0.3) is 0 Å². The van der Waals surface area contributed by atoms with E-state index in [1.165, 1.54) is 11.3 Å². The summed E-state index contributed by atoms with van der Waals surface area (Å²) in [5, 5.41) is 4.78. The number of hydrogen-bond donors (Lipinski definition) is 2. The van der Waals surface area contributed by atoms with Crippen LogP contribution in [0.15, 0.2) is 28.5 Å². The third-order valence-corrected chi connectivity index (χ3v) is 7.16. The number of thiophene rings is 1. The third-order valence-electron chi connectivity index (χ3n) is 3.87. The second kappa shape index (κ2) is 7.46. The zero-order chi connectivity index (χ0) is 16.3. The molecule has 2 heterocycles. The number of nitrogens with zero attached hydrogens (tertiary/aromatic N) is 1. The van der Waals surface area contributed by atoms with E-state index in [0.29, 0.717) is 15.8 Å². The number of rotatable bonds is 6. The minimum absolute atomic E-state index is 0.344. The molecule has 23 heavy (non-hydrogen) atoms. The molecule has 5 nitrogen and oxygen atoms in total. The summed E-state index contributed by atoms with van der Waals surface area (Å²) < 4.78 is 28.7. The summed E-state index contributed by atoms with van der Waals surface area (Å²) >= 11 is 7.22. The molecule has 1 saturated heterocycles. The Morgan fingerprint density at radius 3 is 2.83 bits per heavy atom. The monoisotopic (exact) mass is 373 g/mol. The van der Waals surface area contributed by atoms with E-state index in [1.807, 2.05) is 6.07 Å². The van der Waals surface area contributed by atoms with Crippen LogP contribution in [0.5, 0.6) is 0 Å². The zero-order valence-corrected chi connectivity index (χ0v) is 15.1. The topological polar surface area (TPSA) is 61.4 Å². The maximum Gasteiger partial charge on any atom is 0.250 e. The Morgan fingerprint density at radius 1 is 1.26 bits per heavy atom. The lowest BCUT2D eigenvalue weighted by atomic mass is 10.3. The highest BCUT2D eigenvalue weighted by molar-refractivity contribution is 7.91. The van der Waals surface area contributed by atoms with Crippen LogP contribution in [0.1, 0.15) is 6.42 Å². The smallest absolute Gasteiger partial charge is 0.250 e. The predicted molar refractivity (Wildman–Crippen MR) is 96.0 cm³/mol. The van der Waals surface area contributed by atoms with Gasteiger partial charge in [0.2, 0.25) is 10.0 Å². The Kier molecular flexibility index (Phi) is 5.56. The second-order valence-electron chi connectivity index (χ2n) is 5.59. The molecule has 0 bridgehead atoms. The summed E-state index contributed by atoms with van der Waals surface area (Å²) in [6.45, 7) is 5.47. The molecular formula is C15H20ClN3O2S2. The average molecular weight is 374 g/mol. The molecule has 1 aromatic carbocycles. The fraction of sp³-hybridized carbons (Fsp3) is 0.467. The molecule has 0 spiro atoms. The van der Waals surface area contributed by atoms with Gasteiger partial charge in [-0.15, -0.1) is 11.3 Å². The fourth-order valence-electron chi connectivity index (χ4n) is 2.64. The Morgan fingerprint density at radius 2 is 2.04 bits per heavy atom. The van der Waals surface area contributed by atoms with E-state index in [-0.39, 0.29) is 0 Å². The van der Waals surface area contributed by atoms with Crippen molar-refractivity contribution in [3.63, 3.8) is 0 Å². The van der Waals surface area contributed by atoms with Crippen molar-refractivity contribution in [2.75, 3.05) is 39.3 Å². The SMILES string of the molecule is O=S(=O)(NCCCN1CCNCC1)c1cc2cc(Cl)ccc2s1. The Labute approximate surface area is 145 Å². The number of halogens is 1. The van der Waals surface area contributed by atoms with Crippen LogP contribution >= 0.6 is 22.9 Å². The van der Waals surface area contributed by atoms with Crippen molar-refractivity contribution in [3.8, 4) is 0 Å². The summed E-state index contributed by atoms with van der Waals surface area (Å²) in [5.74, 6) is 0. The maximum atomic E-state index is 12.4. The molecule has 1 aliphatic rings. The van der Waals surface area contributed by atoms with Gasteiger partial charge in [0, 0.05) is 42.4 Å². The summed E-state index contributed by atoms with van der Waals surface area (Å²) in [5.41, 5.74) is 0. The molecule has 0 atom stereocenters. The number of piperazine rings is 1. The van der Waals surface area contributed by atoms with Crippen molar-refractivity contribution >= 4 is 43.0 Å². The quantitative estimate of drug-likeness (QED) is 0.761. The second-order valence-corrected chi connectivity index (χ2v) is 9.10. The summed E-state index contributed by atoms with van der Waals surface area (Å²) in [6.07, 6.45) is 0.815. The number of nitrogens with one attached hydrogen (secondary N) is 2. The molecule has 2 aromatic rings. The van der Waals surface area contributed by atoms with Gasteiger partial charge in [-0.1, -0.05) is 11.6 Å². The zero-order valence-electron chi connectivity index (χ0n) is 12.7. The highest BCUT2D eigenvalue weighted by Gasteiger charge is 2.17. The summed E-state index contributed by atoms with van der Waals surface area (Å²) in [6, 6.07) is 7.10. The highest BCUT2D eigenvalue weighted by Crippen LogP contribution is 2.30. The van der Waals surface area contributed by atoms with Gasteiger partial charge in [-0.3, -0.25) is 0 Å². The van der Waals surface area contributed by atoms with Crippen LogP contribution in [0, 0.1) is 0 Å². The first-order chi connectivity index (χ1) is 11.0. The van der Waals surface area contributed by atoms with Crippen LogP contribution in [-0.2, 0) is 10.0 Å². The van der Waals surface area contributed by atoms with E-state index in [2.05, 4.69) is 14.9 Å². The van der Waals surface area contributed by atoms with E-state index in [9.17, 15) is 8.42 Å². The lowest BCUT2D eigenvalue weighted by Gasteiger charge is -2.26. The third kappa shape index (κ3) is 4.43. The summed E-state index contributed by atoms with van der Waals surface area (Å²) in [4.78, 5) is 2.35. The minimum Gasteiger partial charge on any atom is -0.314 e. The van der Waals surface area contributed by atoms with Crippen LogP contribution in [0.2, 0.25) is 5.02 Å². The average Bonchev–Trinajstić information content (AvgIpc) is 2.96. The molecule has 1 aliphatic heterocycles. The first kappa shape index (κ1) is 17.1. The van der Waals surface area contributed by atoms with Gasteiger partial charge >= 0.3 is 0 Å². The molecule has 0 radical (unpaired) electrons. The number of benzene rings is 1. The van der Waals surface area contributed by atoms with E-state index in [1.54, 1.807) is 18.2 Å². The van der Waals surface area contributed by atoms with Gasteiger partial charge in [0.15, 0.2) is 0 Å². The maximum absolute atomic E-state index is 12.4. The minimum atomic E-state index is -3.44. The molecule has 0 unspecified atom stereocenters. The Hall–Kier alpha value is -0.700.